The van der Waals surface area contributed by atoms with Gasteiger partial charge >= 0.3 is 0 Å². The van der Waals surface area contributed by atoms with Crippen LogP contribution in [0.1, 0.15) is 56.3 Å². The summed E-state index contributed by atoms with van der Waals surface area (Å²) in [5, 5.41) is 3.50. The summed E-state index contributed by atoms with van der Waals surface area (Å²) in [6, 6.07) is 8.78. The van der Waals surface area contributed by atoms with Crippen LogP contribution >= 0.6 is 0 Å². The SMILES string of the molecule is CCCNCC(OC1CCCC1)c1ccc(C)cc1. The highest BCUT2D eigenvalue weighted by atomic mass is 16.5. The lowest BCUT2D eigenvalue weighted by molar-refractivity contribution is -0.00864. The van der Waals surface area contributed by atoms with Crippen molar-refractivity contribution in [3.05, 3.63) is 35.4 Å². The Balaban J connectivity index is 1.97. The normalized spacial score (nSPS) is 17.8. The van der Waals surface area contributed by atoms with Crippen LogP contribution < -0.4 is 5.32 Å². The molecular weight excluding hydrogens is 234 g/mol. The van der Waals surface area contributed by atoms with Gasteiger partial charge in [-0.15, -0.1) is 0 Å². The molecule has 1 N–H and O–H groups in total. The van der Waals surface area contributed by atoms with Gasteiger partial charge in [0.05, 0.1) is 12.2 Å². The first kappa shape index (κ1) is 14.5. The first-order valence-corrected chi connectivity index (χ1v) is 7.72. The van der Waals surface area contributed by atoms with E-state index in [1.165, 1.54) is 43.2 Å². The molecule has 1 saturated carbocycles. The molecule has 1 aromatic rings. The van der Waals surface area contributed by atoms with E-state index in [1.807, 2.05) is 0 Å². The molecule has 0 bridgehead atoms. The molecule has 1 aliphatic rings. The first-order chi connectivity index (χ1) is 9.29. The molecule has 0 aliphatic heterocycles. The topological polar surface area (TPSA) is 21.3 Å². The highest BCUT2D eigenvalue weighted by Gasteiger charge is 2.21. The summed E-state index contributed by atoms with van der Waals surface area (Å²) in [5.41, 5.74) is 2.62. The minimum atomic E-state index is 0.204. The Morgan fingerprint density at radius 2 is 1.89 bits per heavy atom. The van der Waals surface area contributed by atoms with Gasteiger partial charge in [-0.2, -0.15) is 0 Å². The zero-order valence-corrected chi connectivity index (χ0v) is 12.3. The number of hydrogen-bond donors (Lipinski definition) is 1. The van der Waals surface area contributed by atoms with Gasteiger partial charge < -0.3 is 10.1 Å². The van der Waals surface area contributed by atoms with Gasteiger partial charge in [-0.05, 0) is 38.3 Å². The summed E-state index contributed by atoms with van der Waals surface area (Å²) < 4.78 is 6.32. The highest BCUT2D eigenvalue weighted by Crippen LogP contribution is 2.27. The van der Waals surface area contributed by atoms with Crippen LogP contribution in [0.4, 0.5) is 0 Å². The predicted octanol–water partition coefficient (Wildman–Crippen LogP) is 3.99. The maximum Gasteiger partial charge on any atom is 0.0952 e. The van der Waals surface area contributed by atoms with E-state index in [1.54, 1.807) is 0 Å². The molecule has 0 radical (unpaired) electrons. The molecule has 106 valence electrons. The third-order valence-electron chi connectivity index (χ3n) is 3.86. The van der Waals surface area contributed by atoms with Crippen LogP contribution in [0.3, 0.4) is 0 Å². The Bertz CT molecular complexity index is 354. The number of nitrogens with one attached hydrogen (secondary N) is 1. The Morgan fingerprint density at radius 3 is 2.53 bits per heavy atom. The van der Waals surface area contributed by atoms with E-state index in [-0.39, 0.29) is 6.10 Å². The Kier molecular flexibility index (Phi) is 5.87. The highest BCUT2D eigenvalue weighted by molar-refractivity contribution is 5.23. The molecule has 2 rings (SSSR count). The average Bonchev–Trinajstić information content (AvgIpc) is 2.92. The van der Waals surface area contributed by atoms with Crippen LogP contribution in [0.5, 0.6) is 0 Å². The van der Waals surface area contributed by atoms with E-state index in [2.05, 4.69) is 43.4 Å². The zero-order chi connectivity index (χ0) is 13.5. The maximum atomic E-state index is 6.32. The molecule has 19 heavy (non-hydrogen) atoms. The van der Waals surface area contributed by atoms with Crippen molar-refractivity contribution in [3.63, 3.8) is 0 Å². The number of aryl methyl sites for hydroxylation is 1. The minimum absolute atomic E-state index is 0.204. The standard InChI is InChI=1S/C17H27NO/c1-3-12-18-13-17(19-16-6-4-5-7-16)15-10-8-14(2)9-11-15/h8-11,16-18H,3-7,12-13H2,1-2H3. The lowest BCUT2D eigenvalue weighted by Gasteiger charge is -2.23. The van der Waals surface area contributed by atoms with Crippen LogP contribution in [0.2, 0.25) is 0 Å². The summed E-state index contributed by atoms with van der Waals surface area (Å²) in [5.74, 6) is 0. The molecule has 0 spiro atoms. The molecule has 0 aromatic heterocycles. The molecule has 1 unspecified atom stereocenters. The largest absolute Gasteiger partial charge is 0.369 e. The van der Waals surface area contributed by atoms with Crippen molar-refractivity contribution in [2.24, 2.45) is 0 Å². The lowest BCUT2D eigenvalue weighted by Crippen LogP contribution is -2.26. The fourth-order valence-electron chi connectivity index (χ4n) is 2.69. The summed E-state index contributed by atoms with van der Waals surface area (Å²) in [6.07, 6.45) is 6.96. The van der Waals surface area contributed by atoms with Crippen LogP contribution in [0.25, 0.3) is 0 Å². The third kappa shape index (κ3) is 4.63. The molecule has 0 heterocycles. The van der Waals surface area contributed by atoms with E-state index in [9.17, 15) is 0 Å². The molecule has 1 fully saturated rings. The minimum Gasteiger partial charge on any atom is -0.369 e. The van der Waals surface area contributed by atoms with Gasteiger partial charge in [0.15, 0.2) is 0 Å². The molecule has 1 atom stereocenters. The fraction of sp³-hybridized carbons (Fsp3) is 0.647. The Hall–Kier alpha value is -0.860. The van der Waals surface area contributed by atoms with Gasteiger partial charge in [-0.3, -0.25) is 0 Å². The Morgan fingerprint density at radius 1 is 1.21 bits per heavy atom. The van der Waals surface area contributed by atoms with Gasteiger partial charge in [-0.1, -0.05) is 49.6 Å². The van der Waals surface area contributed by atoms with Gasteiger partial charge in [0.25, 0.3) is 0 Å². The van der Waals surface area contributed by atoms with E-state index >= 15 is 0 Å². The van der Waals surface area contributed by atoms with Gasteiger partial charge in [0.2, 0.25) is 0 Å². The first-order valence-electron chi connectivity index (χ1n) is 7.72. The third-order valence-corrected chi connectivity index (χ3v) is 3.86. The van der Waals surface area contributed by atoms with Crippen molar-refractivity contribution in [2.45, 2.75) is 58.2 Å². The monoisotopic (exact) mass is 261 g/mol. The summed E-state index contributed by atoms with van der Waals surface area (Å²) in [6.45, 7) is 6.32. The molecule has 1 aromatic carbocycles. The molecule has 2 nitrogen and oxygen atoms in total. The van der Waals surface area contributed by atoms with Gasteiger partial charge in [-0.25, -0.2) is 0 Å². The summed E-state index contributed by atoms with van der Waals surface area (Å²) in [7, 11) is 0. The van der Waals surface area contributed by atoms with Gasteiger partial charge in [0.1, 0.15) is 0 Å². The second-order valence-electron chi connectivity index (χ2n) is 5.65. The summed E-state index contributed by atoms with van der Waals surface area (Å²) >= 11 is 0. The van der Waals surface area contributed by atoms with E-state index in [0.29, 0.717) is 6.10 Å². The predicted molar refractivity (Wildman–Crippen MR) is 80.4 cm³/mol. The van der Waals surface area contributed by atoms with Crippen LogP contribution in [-0.4, -0.2) is 19.2 Å². The number of benzene rings is 1. The van der Waals surface area contributed by atoms with Gasteiger partial charge in [0, 0.05) is 6.54 Å². The maximum absolute atomic E-state index is 6.32. The average molecular weight is 261 g/mol. The molecule has 2 heteroatoms. The van der Waals surface area contributed by atoms with E-state index in [4.69, 9.17) is 4.74 Å². The van der Waals surface area contributed by atoms with E-state index < -0.39 is 0 Å². The van der Waals surface area contributed by atoms with Crippen LogP contribution in [-0.2, 0) is 4.74 Å². The van der Waals surface area contributed by atoms with Crippen molar-refractivity contribution in [2.75, 3.05) is 13.1 Å². The molecule has 0 amide bonds. The summed E-state index contributed by atoms with van der Waals surface area (Å²) in [4.78, 5) is 0. The number of hydrogen-bond acceptors (Lipinski definition) is 2. The van der Waals surface area contributed by atoms with Crippen molar-refractivity contribution < 1.29 is 4.74 Å². The quantitative estimate of drug-likeness (QED) is 0.749. The lowest BCUT2D eigenvalue weighted by atomic mass is 10.1. The fourth-order valence-corrected chi connectivity index (χ4v) is 2.69. The smallest absolute Gasteiger partial charge is 0.0952 e. The number of rotatable bonds is 7. The second kappa shape index (κ2) is 7.66. The van der Waals surface area contributed by atoms with Crippen LogP contribution in [0, 0.1) is 6.92 Å². The molecular formula is C17H27NO. The van der Waals surface area contributed by atoms with Crippen molar-refractivity contribution in [1.82, 2.24) is 5.32 Å². The van der Waals surface area contributed by atoms with E-state index in [0.717, 1.165) is 13.1 Å². The Labute approximate surface area is 117 Å². The molecule has 1 aliphatic carbocycles. The van der Waals surface area contributed by atoms with Crippen LogP contribution in [0.15, 0.2) is 24.3 Å². The van der Waals surface area contributed by atoms with Crippen molar-refractivity contribution >= 4 is 0 Å². The zero-order valence-electron chi connectivity index (χ0n) is 12.3. The molecule has 0 saturated heterocycles. The van der Waals surface area contributed by atoms with Crippen molar-refractivity contribution in [1.29, 1.82) is 0 Å². The number of ether oxygens (including phenoxy) is 1. The van der Waals surface area contributed by atoms with Crippen molar-refractivity contribution in [3.8, 4) is 0 Å². The second-order valence-corrected chi connectivity index (χ2v) is 5.65.